The first kappa shape index (κ1) is 13.8. The van der Waals surface area contributed by atoms with E-state index in [0.29, 0.717) is 6.42 Å². The van der Waals surface area contributed by atoms with Gasteiger partial charge in [0.05, 0.1) is 0 Å². The number of rotatable bonds is 5. The van der Waals surface area contributed by atoms with Crippen molar-refractivity contribution in [1.29, 1.82) is 0 Å². The molecule has 1 fully saturated rings. The first-order valence-electron chi connectivity index (χ1n) is 5.36. The molecule has 1 rings (SSSR count). The summed E-state index contributed by atoms with van der Waals surface area (Å²) in [5.74, 6) is -1.87. The van der Waals surface area contributed by atoms with Gasteiger partial charge in [0.1, 0.15) is 5.41 Å². The zero-order chi connectivity index (χ0) is 13.1. The number of amides is 1. The first-order valence-corrected chi connectivity index (χ1v) is 5.36. The Balaban J connectivity index is 2.32. The molecule has 2 N–H and O–H groups in total. The fourth-order valence-electron chi connectivity index (χ4n) is 1.73. The molecule has 0 aromatic rings. The van der Waals surface area contributed by atoms with Crippen LogP contribution >= 0.6 is 0 Å². The molecular formula is C10H14F3NO3. The molecule has 0 atom stereocenters. The van der Waals surface area contributed by atoms with Crippen molar-refractivity contribution < 1.29 is 27.9 Å². The molecule has 1 saturated carbocycles. The van der Waals surface area contributed by atoms with Gasteiger partial charge in [0.2, 0.25) is 5.91 Å². The van der Waals surface area contributed by atoms with Crippen LogP contribution in [0.25, 0.3) is 0 Å². The summed E-state index contributed by atoms with van der Waals surface area (Å²) in [6.07, 6.45) is -4.28. The molecule has 4 nitrogen and oxygen atoms in total. The summed E-state index contributed by atoms with van der Waals surface area (Å²) in [5, 5.41) is 11.2. The van der Waals surface area contributed by atoms with Crippen LogP contribution in [-0.4, -0.2) is 29.7 Å². The number of carbonyl (C=O) groups excluding carboxylic acids is 1. The number of hydrogen-bond donors (Lipinski definition) is 2. The number of aliphatic carboxylic acids is 1. The van der Waals surface area contributed by atoms with E-state index in [2.05, 4.69) is 5.32 Å². The van der Waals surface area contributed by atoms with Crippen LogP contribution in [0.1, 0.15) is 32.1 Å². The maximum Gasteiger partial charge on any atom is 0.389 e. The largest absolute Gasteiger partial charge is 0.480 e. The van der Waals surface area contributed by atoms with Crippen molar-refractivity contribution in [3.63, 3.8) is 0 Å². The molecule has 98 valence electrons. The van der Waals surface area contributed by atoms with Gasteiger partial charge < -0.3 is 10.4 Å². The Morgan fingerprint density at radius 2 is 1.88 bits per heavy atom. The van der Waals surface area contributed by atoms with Gasteiger partial charge >= 0.3 is 12.1 Å². The number of carboxylic acid groups (broad SMARTS) is 1. The minimum atomic E-state index is -4.24. The van der Waals surface area contributed by atoms with Crippen LogP contribution in [0.2, 0.25) is 0 Å². The van der Waals surface area contributed by atoms with Crippen molar-refractivity contribution in [2.24, 2.45) is 5.41 Å². The Bertz CT molecular complexity index is 310. The monoisotopic (exact) mass is 253 g/mol. The van der Waals surface area contributed by atoms with Crippen molar-refractivity contribution in [3.05, 3.63) is 0 Å². The summed E-state index contributed by atoms with van der Waals surface area (Å²) < 4.78 is 35.4. The molecule has 1 amide bonds. The van der Waals surface area contributed by atoms with Crippen LogP contribution in [0.15, 0.2) is 0 Å². The average molecular weight is 253 g/mol. The Morgan fingerprint density at radius 3 is 2.24 bits per heavy atom. The fourth-order valence-corrected chi connectivity index (χ4v) is 1.73. The standard InChI is InChI=1S/C10H14F3NO3/c11-10(12,13)5-2-6-14-7(15)9(8(16)17)3-1-4-9/h1-6H2,(H,14,15)(H,16,17). The molecule has 0 radical (unpaired) electrons. The van der Waals surface area contributed by atoms with Crippen molar-refractivity contribution >= 4 is 11.9 Å². The molecule has 0 spiro atoms. The summed E-state index contributed by atoms with van der Waals surface area (Å²) in [5.41, 5.74) is -1.40. The van der Waals surface area contributed by atoms with Gasteiger partial charge in [-0.1, -0.05) is 6.42 Å². The van der Waals surface area contributed by atoms with Crippen molar-refractivity contribution in [1.82, 2.24) is 5.32 Å². The minimum Gasteiger partial charge on any atom is -0.480 e. The maximum atomic E-state index is 11.8. The van der Waals surface area contributed by atoms with E-state index < -0.39 is 29.9 Å². The Hall–Kier alpha value is -1.27. The third kappa shape index (κ3) is 3.34. The predicted octanol–water partition coefficient (Wildman–Crippen LogP) is 1.70. The molecule has 7 heteroatoms. The number of halogens is 3. The summed E-state index contributed by atoms with van der Waals surface area (Å²) in [6.45, 7) is -0.145. The number of hydrogen-bond acceptors (Lipinski definition) is 2. The lowest BCUT2D eigenvalue weighted by molar-refractivity contribution is -0.162. The Labute approximate surface area is 96.2 Å². The number of nitrogens with one attached hydrogen (secondary N) is 1. The molecule has 1 aliphatic carbocycles. The van der Waals surface area contributed by atoms with Crippen molar-refractivity contribution in [3.8, 4) is 0 Å². The van der Waals surface area contributed by atoms with Gasteiger partial charge in [0.15, 0.2) is 0 Å². The van der Waals surface area contributed by atoms with E-state index in [1.165, 1.54) is 0 Å². The normalized spacial score (nSPS) is 18.3. The van der Waals surface area contributed by atoms with Gasteiger partial charge in [-0.25, -0.2) is 0 Å². The third-order valence-electron chi connectivity index (χ3n) is 2.97. The topological polar surface area (TPSA) is 66.4 Å². The molecular weight excluding hydrogens is 239 g/mol. The second kappa shape index (κ2) is 4.93. The van der Waals surface area contributed by atoms with E-state index in [1.807, 2.05) is 0 Å². The Kier molecular flexibility index (Phi) is 4.00. The second-order valence-corrected chi connectivity index (χ2v) is 4.22. The Morgan fingerprint density at radius 1 is 1.29 bits per heavy atom. The lowest BCUT2D eigenvalue weighted by atomic mass is 9.68. The molecule has 0 aromatic heterocycles. The summed E-state index contributed by atoms with van der Waals surface area (Å²) in [7, 11) is 0. The molecule has 0 aromatic carbocycles. The molecule has 0 aliphatic heterocycles. The van der Waals surface area contributed by atoms with Gasteiger partial charge in [0.25, 0.3) is 0 Å². The van der Waals surface area contributed by atoms with Gasteiger partial charge in [-0.15, -0.1) is 0 Å². The van der Waals surface area contributed by atoms with Crippen LogP contribution in [0.5, 0.6) is 0 Å². The number of carboxylic acids is 1. The van der Waals surface area contributed by atoms with Crippen LogP contribution in [0.4, 0.5) is 13.2 Å². The van der Waals surface area contributed by atoms with Crippen LogP contribution in [-0.2, 0) is 9.59 Å². The van der Waals surface area contributed by atoms with E-state index in [-0.39, 0.29) is 25.8 Å². The number of carbonyl (C=O) groups is 2. The van der Waals surface area contributed by atoms with E-state index in [0.717, 1.165) is 0 Å². The zero-order valence-electron chi connectivity index (χ0n) is 9.14. The third-order valence-corrected chi connectivity index (χ3v) is 2.97. The predicted molar refractivity (Wildman–Crippen MR) is 52.2 cm³/mol. The number of alkyl halides is 3. The SMILES string of the molecule is O=C(O)C1(C(=O)NCCCC(F)(F)F)CCC1. The molecule has 0 bridgehead atoms. The van der Waals surface area contributed by atoms with Crippen molar-refractivity contribution in [2.45, 2.75) is 38.3 Å². The van der Waals surface area contributed by atoms with Crippen LogP contribution < -0.4 is 5.32 Å². The van der Waals surface area contributed by atoms with Crippen LogP contribution in [0.3, 0.4) is 0 Å². The van der Waals surface area contributed by atoms with Gasteiger partial charge in [-0.2, -0.15) is 13.2 Å². The second-order valence-electron chi connectivity index (χ2n) is 4.22. The molecule has 0 heterocycles. The fraction of sp³-hybridized carbons (Fsp3) is 0.800. The van der Waals surface area contributed by atoms with E-state index in [1.54, 1.807) is 0 Å². The van der Waals surface area contributed by atoms with Gasteiger partial charge in [-0.05, 0) is 19.3 Å². The molecule has 0 saturated heterocycles. The lowest BCUT2D eigenvalue weighted by Gasteiger charge is -2.35. The summed E-state index contributed by atoms with van der Waals surface area (Å²) in [4.78, 5) is 22.4. The zero-order valence-corrected chi connectivity index (χ0v) is 9.14. The average Bonchev–Trinajstić information content (AvgIpc) is 2.08. The quantitative estimate of drug-likeness (QED) is 0.579. The van der Waals surface area contributed by atoms with E-state index in [9.17, 15) is 22.8 Å². The van der Waals surface area contributed by atoms with Gasteiger partial charge in [-0.3, -0.25) is 9.59 Å². The molecule has 17 heavy (non-hydrogen) atoms. The maximum absolute atomic E-state index is 11.8. The molecule has 0 unspecified atom stereocenters. The van der Waals surface area contributed by atoms with Crippen LogP contribution in [0, 0.1) is 5.41 Å². The molecule has 1 aliphatic rings. The van der Waals surface area contributed by atoms with Gasteiger partial charge in [0, 0.05) is 13.0 Å². The highest BCUT2D eigenvalue weighted by atomic mass is 19.4. The van der Waals surface area contributed by atoms with Crippen molar-refractivity contribution in [2.75, 3.05) is 6.54 Å². The minimum absolute atomic E-state index is 0.145. The summed E-state index contributed by atoms with van der Waals surface area (Å²) >= 11 is 0. The highest BCUT2D eigenvalue weighted by Gasteiger charge is 2.50. The smallest absolute Gasteiger partial charge is 0.389 e. The lowest BCUT2D eigenvalue weighted by Crippen LogP contribution is -2.51. The summed E-state index contributed by atoms with van der Waals surface area (Å²) in [6, 6.07) is 0. The highest BCUT2D eigenvalue weighted by Crippen LogP contribution is 2.41. The first-order chi connectivity index (χ1) is 7.78. The highest BCUT2D eigenvalue weighted by molar-refractivity contribution is 6.02. The van der Waals surface area contributed by atoms with E-state index >= 15 is 0 Å². The van der Waals surface area contributed by atoms with E-state index in [4.69, 9.17) is 5.11 Å².